The molecule has 3 nitrogen and oxygen atoms in total. The number of rotatable bonds is 2. The minimum atomic E-state index is -0.692. The molecule has 2 rings (SSSR count). The van der Waals surface area contributed by atoms with Crippen molar-refractivity contribution in [2.24, 2.45) is 0 Å². The van der Waals surface area contributed by atoms with E-state index in [1.807, 2.05) is 30.3 Å². The summed E-state index contributed by atoms with van der Waals surface area (Å²) >= 11 is 5.85. The predicted octanol–water partition coefficient (Wildman–Crippen LogP) is 3.60. The maximum atomic E-state index is 9.10. The molecule has 0 saturated carbocycles. The monoisotopic (exact) mass is 257 g/mol. The van der Waals surface area contributed by atoms with Gasteiger partial charge in [-0.25, -0.2) is 9.97 Å². The van der Waals surface area contributed by atoms with Crippen molar-refractivity contribution in [2.45, 2.75) is 19.3 Å². The summed E-state index contributed by atoms with van der Waals surface area (Å²) in [6, 6.07) is 11.4. The van der Waals surface area contributed by atoms with Gasteiger partial charge in [-0.1, -0.05) is 23.7 Å². The van der Waals surface area contributed by atoms with Crippen LogP contribution >= 0.6 is 11.6 Å². The van der Waals surface area contributed by atoms with E-state index in [4.69, 9.17) is 16.9 Å². The molecule has 0 N–H and O–H groups in total. The molecule has 2 aromatic rings. The third kappa shape index (κ3) is 2.49. The van der Waals surface area contributed by atoms with Gasteiger partial charge in [-0.3, -0.25) is 0 Å². The van der Waals surface area contributed by atoms with E-state index in [2.05, 4.69) is 16.0 Å². The Morgan fingerprint density at radius 1 is 1.17 bits per heavy atom. The Kier molecular flexibility index (Phi) is 3.31. The lowest BCUT2D eigenvalue weighted by atomic mass is 9.94. The van der Waals surface area contributed by atoms with Gasteiger partial charge < -0.3 is 0 Å². The Hall–Kier alpha value is -1.92. The molecular formula is C14H12ClN3. The first kappa shape index (κ1) is 12.5. The molecule has 1 heterocycles. The molecular weight excluding hydrogens is 246 g/mol. The molecule has 18 heavy (non-hydrogen) atoms. The van der Waals surface area contributed by atoms with Crippen molar-refractivity contribution in [1.82, 2.24) is 9.97 Å². The molecule has 0 fully saturated rings. The highest BCUT2D eigenvalue weighted by Gasteiger charge is 2.23. The van der Waals surface area contributed by atoms with E-state index in [1.54, 1.807) is 20.0 Å². The smallest absolute Gasteiger partial charge is 0.148 e. The zero-order chi connectivity index (χ0) is 13.2. The molecule has 0 aliphatic rings. The van der Waals surface area contributed by atoms with E-state index >= 15 is 0 Å². The van der Waals surface area contributed by atoms with Crippen LogP contribution in [0.5, 0.6) is 0 Å². The number of benzene rings is 1. The quantitative estimate of drug-likeness (QED) is 0.826. The Morgan fingerprint density at radius 3 is 2.44 bits per heavy atom. The number of aromatic nitrogens is 2. The Labute approximate surface area is 111 Å². The molecule has 0 aliphatic carbocycles. The summed E-state index contributed by atoms with van der Waals surface area (Å²) in [6.45, 7) is 3.60. The SMILES string of the molecule is CC(C)(C#N)c1nccc(-c2ccc(Cl)cc2)n1. The zero-order valence-electron chi connectivity index (χ0n) is 10.2. The van der Waals surface area contributed by atoms with Crippen molar-refractivity contribution >= 4 is 11.6 Å². The van der Waals surface area contributed by atoms with Crippen LogP contribution in [0.25, 0.3) is 11.3 Å². The van der Waals surface area contributed by atoms with E-state index in [0.717, 1.165) is 11.3 Å². The van der Waals surface area contributed by atoms with Crippen LogP contribution in [-0.2, 0) is 5.41 Å². The topological polar surface area (TPSA) is 49.6 Å². The molecule has 1 aromatic heterocycles. The number of halogens is 1. The lowest BCUT2D eigenvalue weighted by molar-refractivity contribution is 0.630. The zero-order valence-corrected chi connectivity index (χ0v) is 10.9. The minimum absolute atomic E-state index is 0.525. The van der Waals surface area contributed by atoms with Crippen LogP contribution in [0.2, 0.25) is 5.02 Å². The van der Waals surface area contributed by atoms with Crippen molar-refractivity contribution in [1.29, 1.82) is 5.26 Å². The van der Waals surface area contributed by atoms with Crippen molar-refractivity contribution in [3.05, 3.63) is 47.4 Å². The fourth-order valence-electron chi connectivity index (χ4n) is 1.49. The third-order valence-electron chi connectivity index (χ3n) is 2.63. The molecule has 0 saturated heterocycles. The summed E-state index contributed by atoms with van der Waals surface area (Å²) in [6.07, 6.45) is 1.67. The van der Waals surface area contributed by atoms with Crippen LogP contribution in [0, 0.1) is 11.3 Å². The van der Waals surface area contributed by atoms with Gasteiger partial charge in [0.1, 0.15) is 11.2 Å². The van der Waals surface area contributed by atoms with Gasteiger partial charge in [0.2, 0.25) is 0 Å². The van der Waals surface area contributed by atoms with Crippen LogP contribution in [0.15, 0.2) is 36.5 Å². The first-order valence-corrected chi connectivity index (χ1v) is 5.91. The molecule has 90 valence electrons. The highest BCUT2D eigenvalue weighted by Crippen LogP contribution is 2.23. The summed E-state index contributed by atoms with van der Waals surface area (Å²) in [4.78, 5) is 8.60. The molecule has 0 radical (unpaired) electrons. The Balaban J connectivity index is 2.45. The van der Waals surface area contributed by atoms with Crippen molar-refractivity contribution in [3.63, 3.8) is 0 Å². The fourth-order valence-corrected chi connectivity index (χ4v) is 1.62. The second-order valence-corrected chi connectivity index (χ2v) is 4.95. The molecule has 0 spiro atoms. The highest BCUT2D eigenvalue weighted by molar-refractivity contribution is 6.30. The lowest BCUT2D eigenvalue weighted by Crippen LogP contribution is -2.18. The second-order valence-electron chi connectivity index (χ2n) is 4.51. The molecule has 0 amide bonds. The number of nitrogens with zero attached hydrogens (tertiary/aromatic N) is 3. The number of nitriles is 1. The largest absolute Gasteiger partial charge is 0.240 e. The van der Waals surface area contributed by atoms with E-state index < -0.39 is 5.41 Å². The van der Waals surface area contributed by atoms with Crippen molar-refractivity contribution < 1.29 is 0 Å². The average molecular weight is 258 g/mol. The average Bonchev–Trinajstić information content (AvgIpc) is 2.40. The maximum absolute atomic E-state index is 9.10. The maximum Gasteiger partial charge on any atom is 0.148 e. The van der Waals surface area contributed by atoms with Crippen LogP contribution in [0.3, 0.4) is 0 Å². The molecule has 0 bridgehead atoms. The van der Waals surface area contributed by atoms with Crippen LogP contribution in [0.4, 0.5) is 0 Å². The predicted molar refractivity (Wildman–Crippen MR) is 71.1 cm³/mol. The van der Waals surface area contributed by atoms with Crippen LogP contribution in [-0.4, -0.2) is 9.97 Å². The van der Waals surface area contributed by atoms with Gasteiger partial charge in [0.15, 0.2) is 0 Å². The Bertz CT molecular complexity index is 597. The van der Waals surface area contributed by atoms with Crippen molar-refractivity contribution in [2.75, 3.05) is 0 Å². The number of hydrogen-bond donors (Lipinski definition) is 0. The van der Waals surface area contributed by atoms with Crippen molar-refractivity contribution in [3.8, 4) is 17.3 Å². The number of hydrogen-bond acceptors (Lipinski definition) is 3. The van der Waals surface area contributed by atoms with E-state index in [0.29, 0.717) is 10.8 Å². The van der Waals surface area contributed by atoms with Gasteiger partial charge in [-0.05, 0) is 32.0 Å². The fraction of sp³-hybridized carbons (Fsp3) is 0.214. The summed E-state index contributed by atoms with van der Waals surface area (Å²) in [5.41, 5.74) is 1.05. The van der Waals surface area contributed by atoms with Gasteiger partial charge >= 0.3 is 0 Å². The first-order valence-electron chi connectivity index (χ1n) is 5.53. The molecule has 0 aliphatic heterocycles. The molecule has 0 atom stereocenters. The van der Waals surface area contributed by atoms with Crippen LogP contribution < -0.4 is 0 Å². The van der Waals surface area contributed by atoms with Gasteiger partial charge in [0.25, 0.3) is 0 Å². The van der Waals surface area contributed by atoms with E-state index in [1.165, 1.54) is 0 Å². The summed E-state index contributed by atoms with van der Waals surface area (Å²) < 4.78 is 0. The summed E-state index contributed by atoms with van der Waals surface area (Å²) in [5, 5.41) is 9.78. The van der Waals surface area contributed by atoms with Gasteiger partial charge in [0, 0.05) is 16.8 Å². The van der Waals surface area contributed by atoms with E-state index in [9.17, 15) is 0 Å². The van der Waals surface area contributed by atoms with Gasteiger partial charge in [0.05, 0.1) is 11.8 Å². The summed E-state index contributed by atoms with van der Waals surface area (Å²) in [7, 11) is 0. The van der Waals surface area contributed by atoms with Gasteiger partial charge in [-0.15, -0.1) is 0 Å². The van der Waals surface area contributed by atoms with Gasteiger partial charge in [-0.2, -0.15) is 5.26 Å². The molecule has 4 heteroatoms. The lowest BCUT2D eigenvalue weighted by Gasteiger charge is -2.13. The standard InChI is InChI=1S/C14H12ClN3/c1-14(2,9-16)13-17-8-7-12(18-13)10-3-5-11(15)6-4-10/h3-8H,1-2H3. The minimum Gasteiger partial charge on any atom is -0.240 e. The molecule has 1 aromatic carbocycles. The Morgan fingerprint density at radius 2 is 1.83 bits per heavy atom. The normalized spacial score (nSPS) is 11.0. The second kappa shape index (κ2) is 4.75. The van der Waals surface area contributed by atoms with Crippen LogP contribution in [0.1, 0.15) is 19.7 Å². The van der Waals surface area contributed by atoms with E-state index in [-0.39, 0.29) is 0 Å². The third-order valence-corrected chi connectivity index (χ3v) is 2.89. The first-order chi connectivity index (χ1) is 8.53. The molecule has 0 unspecified atom stereocenters. The summed E-state index contributed by atoms with van der Waals surface area (Å²) in [5.74, 6) is 0.525. The highest BCUT2D eigenvalue weighted by atomic mass is 35.5.